The van der Waals surface area contributed by atoms with Crippen molar-refractivity contribution in [2.45, 2.75) is 6.54 Å². The monoisotopic (exact) mass is 185 g/mol. The maximum atomic E-state index is 11.0. The molecule has 0 fully saturated rings. The van der Waals surface area contributed by atoms with Gasteiger partial charge in [0.25, 0.3) is 0 Å². The van der Waals surface area contributed by atoms with Crippen molar-refractivity contribution in [2.75, 3.05) is 14.1 Å². The van der Waals surface area contributed by atoms with E-state index in [2.05, 4.69) is 10.3 Å². The average Bonchev–Trinajstić information content (AvgIpc) is 2.51. The second-order valence-electron chi connectivity index (χ2n) is 2.53. The van der Waals surface area contributed by atoms with Crippen LogP contribution < -0.4 is 5.32 Å². The number of nitrogens with zero attached hydrogens (tertiary/aromatic N) is 2. The third-order valence-corrected chi connectivity index (χ3v) is 1.95. The number of urea groups is 1. The molecule has 1 heterocycles. The van der Waals surface area contributed by atoms with Gasteiger partial charge < -0.3 is 10.2 Å². The first-order valence-electron chi connectivity index (χ1n) is 3.52. The average molecular weight is 185 g/mol. The molecule has 2 amide bonds. The maximum Gasteiger partial charge on any atom is 0.317 e. The van der Waals surface area contributed by atoms with Crippen molar-refractivity contribution in [2.24, 2.45) is 0 Å². The molecule has 1 rings (SSSR count). The summed E-state index contributed by atoms with van der Waals surface area (Å²) >= 11 is 1.52. The summed E-state index contributed by atoms with van der Waals surface area (Å²) in [5.74, 6) is 0. The van der Waals surface area contributed by atoms with Crippen LogP contribution in [0, 0.1) is 0 Å². The van der Waals surface area contributed by atoms with Gasteiger partial charge in [0.15, 0.2) is 0 Å². The normalized spacial score (nSPS) is 9.50. The first kappa shape index (κ1) is 8.99. The Morgan fingerprint density at radius 1 is 1.75 bits per heavy atom. The fourth-order valence-electron chi connectivity index (χ4n) is 0.649. The van der Waals surface area contributed by atoms with Gasteiger partial charge in [-0.3, -0.25) is 0 Å². The third kappa shape index (κ3) is 2.50. The van der Waals surface area contributed by atoms with E-state index in [1.807, 2.05) is 5.38 Å². The molecule has 0 radical (unpaired) electrons. The lowest BCUT2D eigenvalue weighted by Crippen LogP contribution is -2.33. The van der Waals surface area contributed by atoms with Gasteiger partial charge in [0.05, 0.1) is 17.7 Å². The number of aromatic nitrogens is 1. The van der Waals surface area contributed by atoms with Crippen molar-refractivity contribution in [3.05, 3.63) is 16.6 Å². The Morgan fingerprint density at radius 3 is 3.00 bits per heavy atom. The largest absolute Gasteiger partial charge is 0.332 e. The van der Waals surface area contributed by atoms with Crippen LogP contribution in [0.5, 0.6) is 0 Å². The fraction of sp³-hybridized carbons (Fsp3) is 0.429. The molecule has 1 N–H and O–H groups in total. The number of thiazole rings is 1. The van der Waals surface area contributed by atoms with Gasteiger partial charge in [0, 0.05) is 19.5 Å². The van der Waals surface area contributed by atoms with Gasteiger partial charge in [-0.2, -0.15) is 0 Å². The Bertz CT molecular complexity index is 245. The van der Waals surface area contributed by atoms with Crippen molar-refractivity contribution in [3.8, 4) is 0 Å². The van der Waals surface area contributed by atoms with Gasteiger partial charge in [-0.25, -0.2) is 9.78 Å². The predicted molar refractivity (Wildman–Crippen MR) is 48.0 cm³/mol. The Morgan fingerprint density at radius 2 is 2.50 bits per heavy atom. The molecular formula is C7H11N3OS. The van der Waals surface area contributed by atoms with E-state index < -0.39 is 0 Å². The molecule has 1 aromatic rings. The van der Waals surface area contributed by atoms with Crippen LogP contribution >= 0.6 is 11.3 Å². The Balaban J connectivity index is 2.32. The molecule has 0 spiro atoms. The second kappa shape index (κ2) is 4.06. The summed E-state index contributed by atoms with van der Waals surface area (Å²) in [5.41, 5.74) is 2.65. The molecule has 0 bridgehead atoms. The van der Waals surface area contributed by atoms with Crippen molar-refractivity contribution in [1.29, 1.82) is 0 Å². The first-order valence-corrected chi connectivity index (χ1v) is 4.46. The van der Waals surface area contributed by atoms with Gasteiger partial charge in [-0.1, -0.05) is 0 Å². The van der Waals surface area contributed by atoms with Crippen LogP contribution in [0.4, 0.5) is 4.79 Å². The van der Waals surface area contributed by atoms with E-state index >= 15 is 0 Å². The molecule has 1 aromatic heterocycles. The quantitative estimate of drug-likeness (QED) is 0.744. The van der Waals surface area contributed by atoms with Crippen LogP contribution in [-0.2, 0) is 6.54 Å². The first-order chi connectivity index (χ1) is 5.70. The minimum atomic E-state index is -0.0944. The highest BCUT2D eigenvalue weighted by molar-refractivity contribution is 7.07. The molecule has 0 atom stereocenters. The van der Waals surface area contributed by atoms with E-state index in [-0.39, 0.29) is 6.03 Å². The predicted octanol–water partition coefficient (Wildman–Crippen LogP) is 0.914. The highest BCUT2D eigenvalue weighted by Gasteiger charge is 2.02. The molecule has 12 heavy (non-hydrogen) atoms. The maximum absolute atomic E-state index is 11.0. The van der Waals surface area contributed by atoms with E-state index in [0.29, 0.717) is 6.54 Å². The molecule has 0 aromatic carbocycles. The van der Waals surface area contributed by atoms with Gasteiger partial charge in [-0.05, 0) is 0 Å². The molecule has 4 nitrogen and oxygen atoms in total. The highest BCUT2D eigenvalue weighted by atomic mass is 32.1. The van der Waals surface area contributed by atoms with Crippen LogP contribution in [0.25, 0.3) is 0 Å². The third-order valence-electron chi connectivity index (χ3n) is 1.31. The van der Waals surface area contributed by atoms with Crippen LogP contribution in [-0.4, -0.2) is 30.0 Å². The smallest absolute Gasteiger partial charge is 0.317 e. The standard InChI is InChI=1S/C7H11N3OS/c1-10(2)7(11)8-3-6-4-12-5-9-6/h4-5H,3H2,1-2H3,(H,8,11). The van der Waals surface area contributed by atoms with Crippen molar-refractivity contribution in [3.63, 3.8) is 0 Å². The summed E-state index contributed by atoms with van der Waals surface area (Å²) in [5, 5.41) is 4.63. The van der Waals surface area contributed by atoms with Crippen LogP contribution in [0.3, 0.4) is 0 Å². The number of amides is 2. The van der Waals surface area contributed by atoms with Crippen molar-refractivity contribution < 1.29 is 4.79 Å². The number of hydrogen-bond donors (Lipinski definition) is 1. The van der Waals surface area contributed by atoms with E-state index in [4.69, 9.17) is 0 Å². The van der Waals surface area contributed by atoms with E-state index in [1.165, 1.54) is 16.2 Å². The number of nitrogens with one attached hydrogen (secondary N) is 1. The van der Waals surface area contributed by atoms with Crippen molar-refractivity contribution >= 4 is 17.4 Å². The molecular weight excluding hydrogens is 174 g/mol. The lowest BCUT2D eigenvalue weighted by Gasteiger charge is -2.10. The number of carbonyl (C=O) groups excluding carboxylic acids is 1. The van der Waals surface area contributed by atoms with Gasteiger partial charge >= 0.3 is 6.03 Å². The van der Waals surface area contributed by atoms with Crippen LogP contribution in [0.1, 0.15) is 5.69 Å². The summed E-state index contributed by atoms with van der Waals surface area (Å²) in [6.45, 7) is 0.501. The topological polar surface area (TPSA) is 45.2 Å². The molecule has 66 valence electrons. The summed E-state index contributed by atoms with van der Waals surface area (Å²) < 4.78 is 0. The zero-order chi connectivity index (χ0) is 8.97. The Labute approximate surface area is 75.2 Å². The fourth-order valence-corrected chi connectivity index (χ4v) is 1.21. The van der Waals surface area contributed by atoms with E-state index in [9.17, 15) is 4.79 Å². The molecule has 0 saturated carbocycles. The highest BCUT2D eigenvalue weighted by Crippen LogP contribution is 1.99. The number of hydrogen-bond acceptors (Lipinski definition) is 3. The Kier molecular flexibility index (Phi) is 3.04. The molecule has 0 aliphatic rings. The summed E-state index contributed by atoms with van der Waals surface area (Å²) in [6.07, 6.45) is 0. The lowest BCUT2D eigenvalue weighted by molar-refractivity contribution is 0.217. The SMILES string of the molecule is CN(C)C(=O)NCc1cscn1. The van der Waals surface area contributed by atoms with Gasteiger partial charge in [0.1, 0.15) is 0 Å². The molecule has 0 aliphatic heterocycles. The zero-order valence-electron chi connectivity index (χ0n) is 7.07. The molecule has 5 heteroatoms. The molecule has 0 aliphatic carbocycles. The van der Waals surface area contributed by atoms with Crippen LogP contribution in [0.2, 0.25) is 0 Å². The second-order valence-corrected chi connectivity index (χ2v) is 3.25. The minimum absolute atomic E-state index is 0.0944. The van der Waals surface area contributed by atoms with E-state index in [1.54, 1.807) is 19.6 Å². The Hall–Kier alpha value is -1.10. The number of carbonyl (C=O) groups is 1. The van der Waals surface area contributed by atoms with Gasteiger partial charge in [-0.15, -0.1) is 11.3 Å². The zero-order valence-corrected chi connectivity index (χ0v) is 7.89. The van der Waals surface area contributed by atoms with Crippen molar-refractivity contribution in [1.82, 2.24) is 15.2 Å². The summed E-state index contributed by atoms with van der Waals surface area (Å²) in [7, 11) is 3.41. The lowest BCUT2D eigenvalue weighted by atomic mass is 10.5. The molecule has 0 saturated heterocycles. The minimum Gasteiger partial charge on any atom is -0.332 e. The van der Waals surface area contributed by atoms with E-state index in [0.717, 1.165) is 5.69 Å². The van der Waals surface area contributed by atoms with Gasteiger partial charge in [0.2, 0.25) is 0 Å². The summed E-state index contributed by atoms with van der Waals surface area (Å²) in [4.78, 5) is 16.6. The number of rotatable bonds is 2. The molecule has 0 unspecified atom stereocenters. The van der Waals surface area contributed by atoms with Crippen LogP contribution in [0.15, 0.2) is 10.9 Å². The summed E-state index contributed by atoms with van der Waals surface area (Å²) in [6, 6.07) is -0.0944.